The number of aromatic nitrogens is 4. The van der Waals surface area contributed by atoms with Crippen LogP contribution in [0, 0.1) is 5.41 Å². The quantitative estimate of drug-likeness (QED) is 0.802. The summed E-state index contributed by atoms with van der Waals surface area (Å²) in [4.78, 5) is 16.2. The summed E-state index contributed by atoms with van der Waals surface area (Å²) >= 11 is 0. The Morgan fingerprint density at radius 2 is 2.00 bits per heavy atom. The molecule has 0 saturated heterocycles. The highest BCUT2D eigenvalue weighted by molar-refractivity contribution is 5.83. The number of H-pyrrole nitrogens is 1. The molecule has 2 aromatic rings. The average molecular weight is 274 g/mol. The van der Waals surface area contributed by atoms with Gasteiger partial charge in [-0.15, -0.1) is 0 Å². The van der Waals surface area contributed by atoms with Crippen LogP contribution in [0.25, 0.3) is 11.2 Å². The SMILES string of the molecule is CNc1nc(NC2CCC(C)(C)CC2)c2[nH]cnc2n1. The molecule has 3 N–H and O–H groups in total. The molecule has 6 nitrogen and oxygen atoms in total. The molecular formula is C14H22N6. The molecule has 0 atom stereocenters. The molecule has 0 spiro atoms. The topological polar surface area (TPSA) is 78.5 Å². The molecule has 1 aliphatic rings. The summed E-state index contributed by atoms with van der Waals surface area (Å²) in [6, 6.07) is 0.481. The largest absolute Gasteiger partial charge is 0.365 e. The fraction of sp³-hybridized carbons (Fsp3) is 0.643. The zero-order valence-corrected chi connectivity index (χ0v) is 12.3. The van der Waals surface area contributed by atoms with Gasteiger partial charge in [0, 0.05) is 13.1 Å². The highest BCUT2D eigenvalue weighted by Gasteiger charge is 2.27. The summed E-state index contributed by atoms with van der Waals surface area (Å²) < 4.78 is 0. The van der Waals surface area contributed by atoms with Crippen LogP contribution in [0.15, 0.2) is 6.33 Å². The molecule has 0 aliphatic heterocycles. The Hall–Kier alpha value is -1.85. The zero-order chi connectivity index (χ0) is 14.2. The number of rotatable bonds is 3. The van der Waals surface area contributed by atoms with E-state index < -0.39 is 0 Å². The summed E-state index contributed by atoms with van der Waals surface area (Å²) in [5.74, 6) is 1.45. The Balaban J connectivity index is 1.82. The van der Waals surface area contributed by atoms with E-state index >= 15 is 0 Å². The van der Waals surface area contributed by atoms with E-state index in [1.807, 2.05) is 7.05 Å². The fourth-order valence-electron chi connectivity index (χ4n) is 2.79. The highest BCUT2D eigenvalue weighted by atomic mass is 15.2. The Bertz CT molecular complexity index is 593. The number of nitrogens with zero attached hydrogens (tertiary/aromatic N) is 3. The smallest absolute Gasteiger partial charge is 0.226 e. The van der Waals surface area contributed by atoms with E-state index in [-0.39, 0.29) is 0 Å². The second kappa shape index (κ2) is 4.92. The van der Waals surface area contributed by atoms with Crippen LogP contribution < -0.4 is 10.6 Å². The maximum absolute atomic E-state index is 4.52. The van der Waals surface area contributed by atoms with Crippen LogP contribution in [0.4, 0.5) is 11.8 Å². The van der Waals surface area contributed by atoms with Crippen LogP contribution in [-0.4, -0.2) is 33.0 Å². The van der Waals surface area contributed by atoms with Crippen LogP contribution in [0.2, 0.25) is 0 Å². The predicted octanol–water partition coefficient (Wildman–Crippen LogP) is 2.78. The van der Waals surface area contributed by atoms with Crippen LogP contribution in [0.5, 0.6) is 0 Å². The van der Waals surface area contributed by atoms with Crippen molar-refractivity contribution in [1.29, 1.82) is 0 Å². The third-order valence-corrected chi connectivity index (χ3v) is 4.19. The van der Waals surface area contributed by atoms with Gasteiger partial charge < -0.3 is 15.6 Å². The van der Waals surface area contributed by atoms with Gasteiger partial charge in [-0.1, -0.05) is 13.8 Å². The Labute approximate surface area is 118 Å². The number of aromatic amines is 1. The van der Waals surface area contributed by atoms with Gasteiger partial charge in [-0.25, -0.2) is 4.98 Å². The second-order valence-corrected chi connectivity index (χ2v) is 6.33. The number of nitrogens with one attached hydrogen (secondary N) is 3. The molecule has 1 aliphatic carbocycles. The van der Waals surface area contributed by atoms with Gasteiger partial charge in [0.2, 0.25) is 5.95 Å². The van der Waals surface area contributed by atoms with E-state index in [1.165, 1.54) is 25.7 Å². The van der Waals surface area contributed by atoms with Crippen molar-refractivity contribution >= 4 is 22.9 Å². The summed E-state index contributed by atoms with van der Waals surface area (Å²) in [6.45, 7) is 4.69. The second-order valence-electron chi connectivity index (χ2n) is 6.33. The average Bonchev–Trinajstić information content (AvgIpc) is 2.89. The van der Waals surface area contributed by atoms with Gasteiger partial charge in [0.25, 0.3) is 0 Å². The molecule has 1 fully saturated rings. The maximum atomic E-state index is 4.52. The van der Waals surface area contributed by atoms with E-state index in [0.29, 0.717) is 23.1 Å². The van der Waals surface area contributed by atoms with Gasteiger partial charge in [-0.2, -0.15) is 9.97 Å². The van der Waals surface area contributed by atoms with Crippen LogP contribution >= 0.6 is 0 Å². The lowest BCUT2D eigenvalue weighted by Gasteiger charge is -2.34. The first-order chi connectivity index (χ1) is 9.57. The van der Waals surface area contributed by atoms with Crippen molar-refractivity contribution in [2.75, 3.05) is 17.7 Å². The van der Waals surface area contributed by atoms with Gasteiger partial charge >= 0.3 is 0 Å². The lowest BCUT2D eigenvalue weighted by molar-refractivity contribution is 0.232. The van der Waals surface area contributed by atoms with E-state index in [9.17, 15) is 0 Å². The van der Waals surface area contributed by atoms with Gasteiger partial charge in [-0.05, 0) is 31.1 Å². The Morgan fingerprint density at radius 1 is 1.25 bits per heavy atom. The van der Waals surface area contributed by atoms with Crippen molar-refractivity contribution in [2.24, 2.45) is 5.41 Å². The third-order valence-electron chi connectivity index (χ3n) is 4.19. The lowest BCUT2D eigenvalue weighted by atomic mass is 9.75. The zero-order valence-electron chi connectivity index (χ0n) is 12.3. The number of anilines is 2. The molecule has 0 unspecified atom stereocenters. The van der Waals surface area contributed by atoms with Crippen LogP contribution in [-0.2, 0) is 0 Å². The molecule has 0 bridgehead atoms. The van der Waals surface area contributed by atoms with E-state index in [4.69, 9.17) is 0 Å². The molecule has 0 radical (unpaired) electrons. The molecule has 0 aromatic carbocycles. The first kappa shape index (κ1) is 13.1. The number of hydrogen-bond donors (Lipinski definition) is 3. The molecule has 2 aromatic heterocycles. The molecule has 1 saturated carbocycles. The summed E-state index contributed by atoms with van der Waals surface area (Å²) in [5.41, 5.74) is 2.06. The highest BCUT2D eigenvalue weighted by Crippen LogP contribution is 2.36. The number of hydrogen-bond acceptors (Lipinski definition) is 5. The lowest BCUT2D eigenvalue weighted by Crippen LogP contribution is -2.30. The Kier molecular flexibility index (Phi) is 3.23. The minimum Gasteiger partial charge on any atom is -0.365 e. The first-order valence-electron chi connectivity index (χ1n) is 7.23. The maximum Gasteiger partial charge on any atom is 0.226 e. The van der Waals surface area contributed by atoms with E-state index in [2.05, 4.69) is 44.4 Å². The molecule has 108 valence electrons. The summed E-state index contributed by atoms with van der Waals surface area (Å²) in [6.07, 6.45) is 6.53. The van der Waals surface area contributed by atoms with Gasteiger partial charge in [0.1, 0.15) is 5.52 Å². The monoisotopic (exact) mass is 274 g/mol. The minimum atomic E-state index is 0.475. The third kappa shape index (κ3) is 2.55. The van der Waals surface area contributed by atoms with Gasteiger partial charge in [0.15, 0.2) is 11.5 Å². The Morgan fingerprint density at radius 3 is 2.70 bits per heavy atom. The first-order valence-corrected chi connectivity index (χ1v) is 7.23. The minimum absolute atomic E-state index is 0.475. The van der Waals surface area contributed by atoms with Gasteiger partial charge in [-0.3, -0.25) is 0 Å². The van der Waals surface area contributed by atoms with Crippen molar-refractivity contribution in [3.05, 3.63) is 6.33 Å². The molecule has 3 rings (SSSR count). The van der Waals surface area contributed by atoms with Crippen molar-refractivity contribution in [2.45, 2.75) is 45.6 Å². The van der Waals surface area contributed by atoms with Crippen molar-refractivity contribution < 1.29 is 0 Å². The van der Waals surface area contributed by atoms with Crippen molar-refractivity contribution in [1.82, 2.24) is 19.9 Å². The number of imidazole rings is 1. The van der Waals surface area contributed by atoms with Crippen molar-refractivity contribution in [3.63, 3.8) is 0 Å². The molecule has 2 heterocycles. The van der Waals surface area contributed by atoms with Crippen LogP contribution in [0.1, 0.15) is 39.5 Å². The van der Waals surface area contributed by atoms with Crippen LogP contribution in [0.3, 0.4) is 0 Å². The fourth-order valence-corrected chi connectivity index (χ4v) is 2.79. The normalized spacial score (nSPS) is 19.1. The summed E-state index contributed by atoms with van der Waals surface area (Å²) in [7, 11) is 1.82. The molecule has 0 amide bonds. The molecular weight excluding hydrogens is 252 g/mol. The summed E-state index contributed by atoms with van der Waals surface area (Å²) in [5, 5.41) is 6.54. The van der Waals surface area contributed by atoms with E-state index in [0.717, 1.165) is 11.3 Å². The van der Waals surface area contributed by atoms with Crippen molar-refractivity contribution in [3.8, 4) is 0 Å². The molecule has 20 heavy (non-hydrogen) atoms. The van der Waals surface area contributed by atoms with E-state index in [1.54, 1.807) is 6.33 Å². The number of fused-ring (bicyclic) bond motifs is 1. The standard InChI is InChI=1S/C14H22N6/c1-14(2)6-4-9(5-7-14)18-12-10-11(17-8-16-10)19-13(15-3)20-12/h8-9H,4-7H2,1-3H3,(H3,15,16,17,18,19,20). The van der Waals surface area contributed by atoms with Gasteiger partial charge in [0.05, 0.1) is 6.33 Å². The molecule has 6 heteroatoms. The predicted molar refractivity (Wildman–Crippen MR) is 80.9 cm³/mol.